The molecule has 0 saturated carbocycles. The van der Waals surface area contributed by atoms with Crippen molar-refractivity contribution in [2.24, 2.45) is 0 Å². The first-order valence-electron chi connectivity index (χ1n) is 9.98. The average Bonchev–Trinajstić information content (AvgIpc) is 3.27. The number of fused-ring (bicyclic) bond motifs is 3. The molecule has 0 bridgehead atoms. The van der Waals surface area contributed by atoms with Crippen LogP contribution in [0.3, 0.4) is 0 Å². The van der Waals surface area contributed by atoms with Crippen LogP contribution < -0.4 is 0 Å². The zero-order chi connectivity index (χ0) is 23.0. The highest BCUT2D eigenvalue weighted by atomic mass is 35.5. The fourth-order valence-corrected chi connectivity index (χ4v) is 5.99. The lowest BCUT2D eigenvalue weighted by molar-refractivity contribution is -0.114. The molecule has 0 spiro atoms. The Kier molecular flexibility index (Phi) is 6.42. The molecule has 0 radical (unpaired) electrons. The standard InChI is InChI=1S/C24H20ClNO4S2/c1-4-30-23(29)18-17-11-13(2)9-10-26(17)20-19(18)22(32-24(20)31-12-14(3)27)21(28)15-5-7-16(25)8-6-15/h5-11H,4,12H2,1-3H3. The van der Waals surface area contributed by atoms with Gasteiger partial charge in [0.25, 0.3) is 0 Å². The summed E-state index contributed by atoms with van der Waals surface area (Å²) in [6.45, 7) is 5.45. The van der Waals surface area contributed by atoms with E-state index in [1.165, 1.54) is 30.0 Å². The number of hydrogen-bond donors (Lipinski definition) is 0. The van der Waals surface area contributed by atoms with Crippen LogP contribution in [0.1, 0.15) is 45.0 Å². The number of pyridine rings is 1. The van der Waals surface area contributed by atoms with Gasteiger partial charge in [0.05, 0.1) is 38.0 Å². The Morgan fingerprint density at radius 1 is 1.16 bits per heavy atom. The zero-order valence-corrected chi connectivity index (χ0v) is 20.1. The smallest absolute Gasteiger partial charge is 0.341 e. The maximum absolute atomic E-state index is 13.5. The number of aryl methyl sites for hydroxylation is 1. The van der Waals surface area contributed by atoms with Crippen LogP contribution in [0.25, 0.3) is 16.4 Å². The van der Waals surface area contributed by atoms with Gasteiger partial charge in [-0.3, -0.25) is 9.59 Å². The molecule has 0 aliphatic rings. The van der Waals surface area contributed by atoms with E-state index >= 15 is 0 Å². The van der Waals surface area contributed by atoms with Crippen molar-refractivity contribution in [3.05, 3.63) is 69.2 Å². The van der Waals surface area contributed by atoms with E-state index in [-0.39, 0.29) is 23.9 Å². The molecule has 0 saturated heterocycles. The molecule has 0 unspecified atom stereocenters. The van der Waals surface area contributed by atoms with Gasteiger partial charge in [-0.25, -0.2) is 4.79 Å². The van der Waals surface area contributed by atoms with Crippen LogP contribution in [0.15, 0.2) is 46.8 Å². The summed E-state index contributed by atoms with van der Waals surface area (Å²) < 4.78 is 8.08. The van der Waals surface area contributed by atoms with Gasteiger partial charge in [0.15, 0.2) is 0 Å². The Morgan fingerprint density at radius 2 is 1.88 bits per heavy atom. The Balaban J connectivity index is 2.05. The molecule has 3 heterocycles. The normalized spacial score (nSPS) is 11.2. The minimum absolute atomic E-state index is 0.0319. The summed E-state index contributed by atoms with van der Waals surface area (Å²) in [5.41, 5.74) is 3.25. The third-order valence-corrected chi connectivity index (χ3v) is 7.74. The predicted octanol–water partition coefficient (Wildman–Crippen LogP) is 6.20. The van der Waals surface area contributed by atoms with Crippen LogP contribution in [0.2, 0.25) is 5.02 Å². The molecule has 0 amide bonds. The summed E-state index contributed by atoms with van der Waals surface area (Å²) in [6.07, 6.45) is 1.89. The number of carbonyl (C=O) groups is 3. The maximum Gasteiger partial charge on any atom is 0.341 e. The molecule has 1 aromatic carbocycles. The van der Waals surface area contributed by atoms with Gasteiger partial charge in [-0.15, -0.1) is 23.1 Å². The second-order valence-corrected chi connectivity index (χ2v) is 10.0. The van der Waals surface area contributed by atoms with Gasteiger partial charge in [-0.2, -0.15) is 0 Å². The molecule has 0 N–H and O–H groups in total. The predicted molar refractivity (Wildman–Crippen MR) is 130 cm³/mol. The monoisotopic (exact) mass is 485 g/mol. The van der Waals surface area contributed by atoms with Crippen molar-refractivity contribution in [1.29, 1.82) is 0 Å². The molecule has 0 aliphatic heterocycles. The minimum atomic E-state index is -0.475. The van der Waals surface area contributed by atoms with E-state index in [9.17, 15) is 14.4 Å². The van der Waals surface area contributed by atoms with Gasteiger partial charge in [-0.1, -0.05) is 11.6 Å². The van der Waals surface area contributed by atoms with E-state index in [0.29, 0.717) is 31.9 Å². The number of aromatic nitrogens is 1. The highest BCUT2D eigenvalue weighted by Gasteiger charge is 2.29. The van der Waals surface area contributed by atoms with E-state index < -0.39 is 5.97 Å². The number of benzene rings is 1. The SMILES string of the molecule is CCOC(=O)c1c2c(C(=O)c3ccc(Cl)cc3)sc(SCC(C)=O)c2n2ccc(C)cc12. The quantitative estimate of drug-likeness (QED) is 0.177. The summed E-state index contributed by atoms with van der Waals surface area (Å²) in [4.78, 5) is 38.7. The van der Waals surface area contributed by atoms with E-state index in [4.69, 9.17) is 16.3 Å². The Hall–Kier alpha value is -2.61. The molecule has 3 aromatic heterocycles. The molecule has 0 atom stereocenters. The number of nitrogens with zero attached hydrogens (tertiary/aromatic N) is 1. The Labute approximate surface area is 198 Å². The molecule has 4 rings (SSSR count). The lowest BCUT2D eigenvalue weighted by Gasteiger charge is -2.05. The molecule has 32 heavy (non-hydrogen) atoms. The van der Waals surface area contributed by atoms with Crippen LogP contribution in [0.5, 0.6) is 0 Å². The van der Waals surface area contributed by atoms with Crippen LogP contribution in [0, 0.1) is 6.92 Å². The number of ether oxygens (including phenoxy) is 1. The van der Waals surface area contributed by atoms with Crippen LogP contribution in [-0.2, 0) is 9.53 Å². The minimum Gasteiger partial charge on any atom is -0.462 e. The topological polar surface area (TPSA) is 64.9 Å². The van der Waals surface area contributed by atoms with E-state index in [2.05, 4.69) is 0 Å². The fraction of sp³-hybridized carbons (Fsp3) is 0.208. The Bertz CT molecular complexity index is 1370. The molecule has 8 heteroatoms. The summed E-state index contributed by atoms with van der Waals surface area (Å²) in [5, 5.41) is 1.10. The van der Waals surface area contributed by atoms with Crippen molar-refractivity contribution >= 4 is 68.7 Å². The number of Topliss-reactive ketones (excluding diaryl/α,β-unsaturated/α-hetero) is 1. The summed E-state index contributed by atoms with van der Waals surface area (Å²) in [5.74, 6) is -0.372. The summed E-state index contributed by atoms with van der Waals surface area (Å²) >= 11 is 8.66. The largest absolute Gasteiger partial charge is 0.462 e. The third-order valence-electron chi connectivity index (χ3n) is 4.91. The first kappa shape index (κ1) is 22.6. The molecule has 0 aliphatic carbocycles. The van der Waals surface area contributed by atoms with Crippen LogP contribution in [-0.4, -0.2) is 34.3 Å². The number of thioether (sulfide) groups is 1. The van der Waals surface area contributed by atoms with Crippen molar-refractivity contribution in [3.63, 3.8) is 0 Å². The lowest BCUT2D eigenvalue weighted by Crippen LogP contribution is -2.06. The van der Waals surface area contributed by atoms with Gasteiger partial charge in [0.1, 0.15) is 5.78 Å². The molecule has 4 aromatic rings. The van der Waals surface area contributed by atoms with E-state index in [1.54, 1.807) is 31.2 Å². The van der Waals surface area contributed by atoms with Crippen molar-refractivity contribution in [2.75, 3.05) is 12.4 Å². The van der Waals surface area contributed by atoms with E-state index in [1.807, 2.05) is 29.7 Å². The second-order valence-electron chi connectivity index (χ2n) is 7.32. The lowest BCUT2D eigenvalue weighted by atomic mass is 10.1. The Morgan fingerprint density at radius 3 is 2.53 bits per heavy atom. The zero-order valence-electron chi connectivity index (χ0n) is 17.7. The number of esters is 1. The van der Waals surface area contributed by atoms with Gasteiger partial charge in [0, 0.05) is 22.2 Å². The van der Waals surface area contributed by atoms with Crippen molar-refractivity contribution in [3.8, 4) is 0 Å². The van der Waals surface area contributed by atoms with Gasteiger partial charge >= 0.3 is 5.97 Å². The number of ketones is 2. The highest BCUT2D eigenvalue weighted by Crippen LogP contribution is 2.44. The van der Waals surface area contributed by atoms with Crippen molar-refractivity contribution in [1.82, 2.24) is 4.40 Å². The molecule has 0 fully saturated rings. The molecular formula is C24H20ClNO4S2. The fourth-order valence-electron chi connectivity index (χ4n) is 3.54. The number of thiophene rings is 1. The first-order chi connectivity index (χ1) is 15.3. The van der Waals surface area contributed by atoms with Crippen LogP contribution in [0.4, 0.5) is 0 Å². The number of rotatable bonds is 7. The number of carbonyl (C=O) groups excluding carboxylic acids is 3. The van der Waals surface area contributed by atoms with Gasteiger partial charge in [0.2, 0.25) is 5.78 Å². The maximum atomic E-state index is 13.5. The summed E-state index contributed by atoms with van der Waals surface area (Å²) in [6, 6.07) is 10.5. The third kappa shape index (κ3) is 4.08. The van der Waals surface area contributed by atoms with Gasteiger partial charge < -0.3 is 9.14 Å². The highest BCUT2D eigenvalue weighted by molar-refractivity contribution is 8.02. The van der Waals surface area contributed by atoms with Crippen LogP contribution >= 0.6 is 34.7 Å². The van der Waals surface area contributed by atoms with Crippen molar-refractivity contribution in [2.45, 2.75) is 25.0 Å². The first-order valence-corrected chi connectivity index (χ1v) is 12.2. The number of halogens is 1. The second kappa shape index (κ2) is 9.10. The van der Waals surface area contributed by atoms with Gasteiger partial charge in [-0.05, 0) is 62.7 Å². The summed E-state index contributed by atoms with van der Waals surface area (Å²) in [7, 11) is 0. The number of hydrogen-bond acceptors (Lipinski definition) is 6. The van der Waals surface area contributed by atoms with Crippen molar-refractivity contribution < 1.29 is 19.1 Å². The molecular weight excluding hydrogens is 466 g/mol. The molecule has 164 valence electrons. The van der Waals surface area contributed by atoms with E-state index in [0.717, 1.165) is 15.3 Å². The molecule has 5 nitrogen and oxygen atoms in total. The average molecular weight is 486 g/mol.